The lowest BCUT2D eigenvalue weighted by atomic mass is 11.5. The molecule has 0 radical (unpaired) electrons. The summed E-state index contributed by atoms with van der Waals surface area (Å²) in [5.41, 5.74) is 0. The molecular formula is C2H2F8. The third-order valence-electron chi connectivity index (χ3n) is 0. The molecular weight excluding hydrogens is 176 g/mol. The Balaban J connectivity index is -0.0000000910. The number of alkyl halides is 7. The summed E-state index contributed by atoms with van der Waals surface area (Å²) >= 11 is 0. The second kappa shape index (κ2) is 6.56. The monoisotopic (exact) mass is 178 g/mol. The highest BCUT2D eigenvalue weighted by molar-refractivity contribution is 4.08. The SMILES string of the molecule is F.FC(F)(F)F.FC(F)F. The molecule has 0 aliphatic heterocycles. The fraction of sp³-hybridized carbons (Fsp3) is 1.00. The smallest absolute Gasteiger partial charge is 0.269 e. The van der Waals surface area contributed by atoms with E-state index in [1.54, 1.807) is 0 Å². The summed E-state index contributed by atoms with van der Waals surface area (Å²) in [4.78, 5) is 0. The average Bonchev–Trinajstić information content (AvgIpc) is 1.19. The second-order valence-corrected chi connectivity index (χ2v) is 0.676. The third-order valence-corrected chi connectivity index (χ3v) is 0. The Labute approximate surface area is 50.0 Å². The molecule has 0 N–H and O–H groups in total. The van der Waals surface area contributed by atoms with Crippen molar-refractivity contribution in [2.24, 2.45) is 0 Å². The summed E-state index contributed by atoms with van der Waals surface area (Å²) in [5.74, 6) is 0. The number of hydrogen-bond donors (Lipinski definition) is 0. The van der Waals surface area contributed by atoms with E-state index >= 15 is 0 Å². The molecule has 0 heterocycles. The van der Waals surface area contributed by atoms with E-state index in [0.29, 0.717) is 0 Å². The van der Waals surface area contributed by atoms with Gasteiger partial charge >= 0.3 is 13.1 Å². The van der Waals surface area contributed by atoms with Crippen molar-refractivity contribution in [1.82, 2.24) is 0 Å². The molecule has 0 aromatic heterocycles. The zero-order valence-corrected chi connectivity index (χ0v) is 4.13. The zero-order valence-electron chi connectivity index (χ0n) is 4.13. The summed E-state index contributed by atoms with van der Waals surface area (Å²) in [6, 6.07) is 0. The number of hydrogen-bond acceptors (Lipinski definition) is 0. The van der Waals surface area contributed by atoms with Crippen LogP contribution in [0.1, 0.15) is 0 Å². The predicted octanol–water partition coefficient (Wildman–Crippen LogP) is 2.81. The van der Waals surface area contributed by atoms with Crippen molar-refractivity contribution in [2.75, 3.05) is 0 Å². The van der Waals surface area contributed by atoms with Gasteiger partial charge in [-0.15, -0.1) is 17.6 Å². The van der Waals surface area contributed by atoms with Crippen LogP contribution >= 0.6 is 0 Å². The molecule has 0 bridgehead atoms. The van der Waals surface area contributed by atoms with Crippen LogP contribution in [0.3, 0.4) is 0 Å². The van der Waals surface area contributed by atoms with Gasteiger partial charge in [-0.05, 0) is 0 Å². The molecule has 0 aromatic rings. The quantitative estimate of drug-likeness (QED) is 0.500. The molecule has 0 saturated carbocycles. The van der Waals surface area contributed by atoms with Gasteiger partial charge in [0.05, 0.1) is 0 Å². The van der Waals surface area contributed by atoms with Crippen LogP contribution in [0.4, 0.5) is 35.4 Å². The lowest BCUT2D eigenvalue weighted by Gasteiger charge is -1.82. The molecule has 0 unspecified atom stereocenters. The van der Waals surface area contributed by atoms with E-state index in [9.17, 15) is 30.7 Å². The Hall–Kier alpha value is -0.560. The molecule has 66 valence electrons. The third kappa shape index (κ3) is 984. The average molecular weight is 178 g/mol. The molecule has 0 fully saturated rings. The molecule has 0 spiro atoms. The standard InChI is InChI=1S/CF4.CHF3.FH/c2-1(3,4)5;2-1(3)4;/h;1H;1H. The minimum atomic E-state index is -5.50. The van der Waals surface area contributed by atoms with Gasteiger partial charge in [-0.1, -0.05) is 0 Å². The van der Waals surface area contributed by atoms with Gasteiger partial charge in [0.25, 0.3) is 0 Å². The van der Waals surface area contributed by atoms with E-state index in [-0.39, 0.29) is 4.70 Å². The molecule has 8 heteroatoms. The molecule has 0 atom stereocenters. The minimum Gasteiger partial charge on any atom is -0.269 e. The van der Waals surface area contributed by atoms with E-state index in [4.69, 9.17) is 0 Å². The highest BCUT2D eigenvalue weighted by Crippen LogP contribution is 2.13. The number of halogens is 8. The molecule has 0 amide bonds. The first-order valence-corrected chi connectivity index (χ1v) is 1.41. The Morgan fingerprint density at radius 2 is 0.800 bits per heavy atom. The normalized spacial score (nSPS) is 9.60. The van der Waals surface area contributed by atoms with E-state index in [1.807, 2.05) is 0 Å². The van der Waals surface area contributed by atoms with E-state index in [1.165, 1.54) is 0 Å². The van der Waals surface area contributed by atoms with Crippen molar-refractivity contribution in [3.63, 3.8) is 0 Å². The van der Waals surface area contributed by atoms with Crippen molar-refractivity contribution in [2.45, 2.75) is 13.1 Å². The topological polar surface area (TPSA) is 0 Å². The molecule has 0 aliphatic carbocycles. The summed E-state index contributed by atoms with van der Waals surface area (Å²) in [7, 11) is 0. The fourth-order valence-corrected chi connectivity index (χ4v) is 0. The van der Waals surface area contributed by atoms with Gasteiger partial charge in [0.1, 0.15) is 0 Å². The molecule has 0 aliphatic rings. The molecule has 0 rings (SSSR count). The van der Waals surface area contributed by atoms with Gasteiger partial charge in [-0.25, -0.2) is 0 Å². The van der Waals surface area contributed by atoms with E-state index in [0.717, 1.165) is 0 Å². The lowest BCUT2D eigenvalue weighted by molar-refractivity contribution is -0.237. The molecule has 0 nitrogen and oxygen atoms in total. The highest BCUT2D eigenvalue weighted by atomic mass is 19.5. The van der Waals surface area contributed by atoms with Gasteiger partial charge in [0.2, 0.25) is 0 Å². The lowest BCUT2D eigenvalue weighted by Crippen LogP contribution is -1.92. The predicted molar refractivity (Wildman–Crippen MR) is 16.8 cm³/mol. The van der Waals surface area contributed by atoms with Crippen LogP contribution in [0.25, 0.3) is 0 Å². The first kappa shape index (κ1) is 16.2. The summed E-state index contributed by atoms with van der Waals surface area (Å²) in [5, 5.41) is 0. The van der Waals surface area contributed by atoms with E-state index < -0.39 is 13.1 Å². The zero-order chi connectivity index (χ0) is 8.08. The Morgan fingerprint density at radius 1 is 0.800 bits per heavy atom. The largest absolute Gasteiger partial charge is 0.559 e. The van der Waals surface area contributed by atoms with Crippen LogP contribution in [-0.2, 0) is 0 Å². The van der Waals surface area contributed by atoms with Crippen LogP contribution in [-0.4, -0.2) is 13.1 Å². The minimum absolute atomic E-state index is 0. The highest BCUT2D eigenvalue weighted by Gasteiger charge is 2.24. The van der Waals surface area contributed by atoms with Crippen LogP contribution in [0.2, 0.25) is 0 Å². The van der Waals surface area contributed by atoms with Gasteiger partial charge in [-0.3, -0.25) is 4.70 Å². The molecule has 0 saturated heterocycles. The Morgan fingerprint density at radius 3 is 0.800 bits per heavy atom. The first-order chi connectivity index (χ1) is 3.73. The van der Waals surface area contributed by atoms with Crippen molar-refractivity contribution in [3.8, 4) is 0 Å². The summed E-state index contributed by atoms with van der Waals surface area (Å²) in [6.45, 7) is -3.67. The van der Waals surface area contributed by atoms with Crippen LogP contribution in [0.15, 0.2) is 0 Å². The van der Waals surface area contributed by atoms with Gasteiger partial charge in [0, 0.05) is 0 Å². The summed E-state index contributed by atoms with van der Waals surface area (Å²) < 4.78 is 67.8. The van der Waals surface area contributed by atoms with Crippen molar-refractivity contribution < 1.29 is 35.4 Å². The van der Waals surface area contributed by atoms with Gasteiger partial charge in [-0.2, -0.15) is 13.2 Å². The van der Waals surface area contributed by atoms with Gasteiger partial charge < -0.3 is 0 Å². The fourth-order valence-electron chi connectivity index (χ4n) is 0. The van der Waals surface area contributed by atoms with Crippen LogP contribution in [0.5, 0.6) is 0 Å². The Kier molecular flexibility index (Phi) is 10.6. The maximum Gasteiger partial charge on any atom is 0.559 e. The van der Waals surface area contributed by atoms with Crippen LogP contribution in [0, 0.1) is 0 Å². The van der Waals surface area contributed by atoms with Crippen molar-refractivity contribution in [3.05, 3.63) is 0 Å². The summed E-state index contributed by atoms with van der Waals surface area (Å²) in [6.07, 6.45) is -5.50. The Bertz CT molecular complexity index is 44.0. The molecule has 10 heavy (non-hydrogen) atoms. The van der Waals surface area contributed by atoms with Crippen LogP contribution < -0.4 is 0 Å². The van der Waals surface area contributed by atoms with E-state index in [2.05, 4.69) is 0 Å². The number of rotatable bonds is 0. The second-order valence-electron chi connectivity index (χ2n) is 0.676. The van der Waals surface area contributed by atoms with Crippen molar-refractivity contribution in [1.29, 1.82) is 0 Å². The first-order valence-electron chi connectivity index (χ1n) is 1.41. The maximum absolute atomic E-state index is 9.69. The van der Waals surface area contributed by atoms with Gasteiger partial charge in [0.15, 0.2) is 0 Å². The molecule has 0 aromatic carbocycles. The maximum atomic E-state index is 9.69. The van der Waals surface area contributed by atoms with Crippen molar-refractivity contribution >= 4 is 0 Å².